The molecule has 0 aliphatic carbocycles. The Morgan fingerprint density at radius 1 is 1.03 bits per heavy atom. The molecule has 2 aliphatic heterocycles. The molecule has 3 unspecified atom stereocenters. The van der Waals surface area contributed by atoms with Gasteiger partial charge in [-0.25, -0.2) is 14.7 Å². The molecule has 3 aromatic rings. The van der Waals surface area contributed by atoms with Crippen molar-refractivity contribution in [1.82, 2.24) is 15.4 Å². The number of rotatable bonds is 6. The molecule has 0 radical (unpaired) electrons. The van der Waals surface area contributed by atoms with E-state index in [0.29, 0.717) is 24.6 Å². The van der Waals surface area contributed by atoms with Crippen molar-refractivity contribution in [2.24, 2.45) is 11.8 Å². The molecule has 9 nitrogen and oxygen atoms in total. The Morgan fingerprint density at radius 3 is 2.24 bits per heavy atom. The number of aromatic nitrogens is 2. The number of carbonyl (C=O) groups excluding carboxylic acids is 2. The van der Waals surface area contributed by atoms with Gasteiger partial charge < -0.3 is 14.7 Å². The predicted octanol–water partition coefficient (Wildman–Crippen LogP) is 2.79. The van der Waals surface area contributed by atoms with Crippen molar-refractivity contribution in [2.45, 2.75) is 52.0 Å². The van der Waals surface area contributed by atoms with Crippen molar-refractivity contribution >= 4 is 11.9 Å². The largest absolute Gasteiger partial charge is 0.711 e. The van der Waals surface area contributed by atoms with Gasteiger partial charge in [0.2, 0.25) is 0 Å². The Kier molecular flexibility index (Phi) is 6.51. The minimum Gasteiger partial charge on any atom is -0.711 e. The molecular formula is C28H32N4O5. The third kappa shape index (κ3) is 4.60. The maximum absolute atomic E-state index is 13.8. The van der Waals surface area contributed by atoms with Gasteiger partial charge in [-0.2, -0.15) is 0 Å². The highest BCUT2D eigenvalue weighted by Gasteiger charge is 2.56. The van der Waals surface area contributed by atoms with Crippen LogP contribution in [0.15, 0.2) is 60.7 Å². The van der Waals surface area contributed by atoms with E-state index in [1.54, 1.807) is 6.92 Å². The summed E-state index contributed by atoms with van der Waals surface area (Å²) in [5.41, 5.74) is 9.75. The van der Waals surface area contributed by atoms with Crippen LogP contribution in [0.1, 0.15) is 54.1 Å². The van der Waals surface area contributed by atoms with Crippen molar-refractivity contribution in [3.63, 3.8) is 0 Å². The first-order valence-corrected chi connectivity index (χ1v) is 12.5. The summed E-state index contributed by atoms with van der Waals surface area (Å²) < 4.78 is 13.9. The molecule has 0 amide bonds. The zero-order valence-electron chi connectivity index (χ0n) is 21.4. The second-order valence-electron chi connectivity index (χ2n) is 10.2. The molecule has 0 saturated carbocycles. The van der Waals surface area contributed by atoms with Crippen LogP contribution >= 0.6 is 0 Å². The van der Waals surface area contributed by atoms with Crippen molar-refractivity contribution in [1.29, 1.82) is 0 Å². The van der Waals surface area contributed by atoms with Crippen LogP contribution in [-0.4, -0.2) is 28.8 Å². The fraction of sp³-hybridized carbons (Fsp3) is 0.393. The average Bonchev–Trinajstić information content (AvgIpc) is 3.42. The summed E-state index contributed by atoms with van der Waals surface area (Å²) in [6, 6.07) is 19.3. The molecule has 194 valence electrons. The molecule has 0 spiro atoms. The van der Waals surface area contributed by atoms with E-state index in [1.165, 1.54) is 13.8 Å². The van der Waals surface area contributed by atoms with Crippen LogP contribution in [0.25, 0.3) is 0 Å². The molecule has 2 aliphatic rings. The van der Waals surface area contributed by atoms with Crippen molar-refractivity contribution in [2.75, 3.05) is 6.54 Å². The number of nitrogens with one attached hydrogen (secondary N) is 2. The first-order chi connectivity index (χ1) is 17.7. The molecule has 2 N–H and O–H groups in total. The van der Waals surface area contributed by atoms with Gasteiger partial charge in [-0.1, -0.05) is 60.7 Å². The summed E-state index contributed by atoms with van der Waals surface area (Å²) in [6.45, 7) is 7.54. The number of benzene rings is 2. The number of hydrogen-bond acceptors (Lipinski definition) is 7. The van der Waals surface area contributed by atoms with Crippen LogP contribution < -0.4 is 15.6 Å². The van der Waals surface area contributed by atoms with Gasteiger partial charge in [0.15, 0.2) is 5.92 Å². The number of ether oxygens (including phenoxy) is 2. The van der Waals surface area contributed by atoms with E-state index in [0.717, 1.165) is 21.6 Å². The average molecular weight is 505 g/mol. The summed E-state index contributed by atoms with van der Waals surface area (Å²) in [5.74, 6) is -4.86. The zero-order valence-corrected chi connectivity index (χ0v) is 21.4. The van der Waals surface area contributed by atoms with E-state index < -0.39 is 29.6 Å². The fourth-order valence-corrected chi connectivity index (χ4v) is 5.52. The normalized spacial score (nSPS) is 22.5. The van der Waals surface area contributed by atoms with Gasteiger partial charge >= 0.3 is 11.9 Å². The Hall–Kier alpha value is -3.69. The number of esters is 2. The van der Waals surface area contributed by atoms with Crippen LogP contribution in [0.4, 0.5) is 0 Å². The topological polar surface area (TPSA) is 109 Å². The summed E-state index contributed by atoms with van der Waals surface area (Å²) in [4.78, 5) is 26.8. The molecule has 2 aromatic carbocycles. The third-order valence-electron chi connectivity index (χ3n) is 7.40. The van der Waals surface area contributed by atoms with E-state index in [2.05, 4.69) is 10.9 Å². The second kappa shape index (κ2) is 9.64. The van der Waals surface area contributed by atoms with Gasteiger partial charge in [-0.05, 0) is 11.1 Å². The van der Waals surface area contributed by atoms with Gasteiger partial charge in [-0.3, -0.25) is 15.0 Å². The molecular weight excluding hydrogens is 472 g/mol. The summed E-state index contributed by atoms with van der Waals surface area (Å²) in [7, 11) is 0. The molecule has 3 heterocycles. The van der Waals surface area contributed by atoms with E-state index in [1.807, 2.05) is 72.2 Å². The van der Waals surface area contributed by atoms with E-state index in [9.17, 15) is 14.8 Å². The van der Waals surface area contributed by atoms with Gasteiger partial charge in [0.05, 0.1) is 12.0 Å². The SMILES string of the molecule is Cc1c(C)[n+]([O-])c(C(C2C(=O)OC(C)(C)OC2=O)C2CNNC2c2ccccc2)n1Cc1ccccc1. The van der Waals surface area contributed by atoms with Crippen LogP contribution in [0.3, 0.4) is 0 Å². The summed E-state index contributed by atoms with van der Waals surface area (Å²) >= 11 is 0. The second-order valence-corrected chi connectivity index (χ2v) is 10.2. The van der Waals surface area contributed by atoms with Gasteiger partial charge in [0.25, 0.3) is 11.6 Å². The summed E-state index contributed by atoms with van der Waals surface area (Å²) in [5, 5.41) is 13.8. The molecule has 5 rings (SSSR count). The number of hydrogen-bond donors (Lipinski definition) is 2. The third-order valence-corrected chi connectivity index (χ3v) is 7.40. The molecule has 3 atom stereocenters. The highest BCUT2D eigenvalue weighted by Crippen LogP contribution is 2.44. The number of nitrogens with zero attached hydrogens (tertiary/aromatic N) is 2. The Morgan fingerprint density at radius 2 is 1.62 bits per heavy atom. The maximum Gasteiger partial charge on any atom is 0.324 e. The summed E-state index contributed by atoms with van der Waals surface area (Å²) in [6.07, 6.45) is 0. The van der Waals surface area contributed by atoms with Crippen molar-refractivity contribution < 1.29 is 23.8 Å². The Bertz CT molecular complexity index is 1290. The van der Waals surface area contributed by atoms with Crippen LogP contribution in [0.5, 0.6) is 0 Å². The lowest BCUT2D eigenvalue weighted by atomic mass is 9.75. The lowest BCUT2D eigenvalue weighted by molar-refractivity contribution is -0.623. The molecule has 0 bridgehead atoms. The first kappa shape index (κ1) is 25.0. The lowest BCUT2D eigenvalue weighted by Gasteiger charge is -2.37. The van der Waals surface area contributed by atoms with E-state index in [4.69, 9.17) is 9.47 Å². The number of carbonyl (C=O) groups is 2. The maximum atomic E-state index is 13.8. The lowest BCUT2D eigenvalue weighted by Crippen LogP contribution is -2.52. The number of hydrazine groups is 1. The van der Waals surface area contributed by atoms with Crippen LogP contribution in [0, 0.1) is 30.9 Å². The quantitative estimate of drug-likeness (QED) is 0.230. The molecule has 2 saturated heterocycles. The smallest absolute Gasteiger partial charge is 0.324 e. The Balaban J connectivity index is 1.68. The van der Waals surface area contributed by atoms with Gasteiger partial charge in [0, 0.05) is 40.2 Å². The number of imidazole rings is 1. The standard InChI is InChI=1S/C28H32N4O5/c1-17-18(2)32(35)25(31(17)16-19-11-7-5-8-12-19)22(23-26(33)36-28(3,4)37-27(23)34)21-15-29-30-24(21)20-13-9-6-10-14-20/h5-14,21-24,29-30H,15-16H2,1-4H3. The monoisotopic (exact) mass is 504 g/mol. The zero-order chi connectivity index (χ0) is 26.3. The van der Waals surface area contributed by atoms with E-state index in [-0.39, 0.29) is 12.0 Å². The van der Waals surface area contributed by atoms with Gasteiger partial charge in [0.1, 0.15) is 17.9 Å². The molecule has 2 fully saturated rings. The fourth-order valence-electron chi connectivity index (χ4n) is 5.52. The predicted molar refractivity (Wildman–Crippen MR) is 135 cm³/mol. The minimum atomic E-state index is -1.37. The van der Waals surface area contributed by atoms with Crippen LogP contribution in [-0.2, 0) is 25.6 Å². The number of cyclic esters (lactones) is 2. The highest BCUT2D eigenvalue weighted by atomic mass is 16.7. The molecule has 9 heteroatoms. The van der Waals surface area contributed by atoms with Crippen LogP contribution in [0.2, 0.25) is 0 Å². The molecule has 37 heavy (non-hydrogen) atoms. The first-order valence-electron chi connectivity index (χ1n) is 12.5. The molecule has 1 aromatic heterocycles. The highest BCUT2D eigenvalue weighted by molar-refractivity contribution is 5.97. The van der Waals surface area contributed by atoms with Crippen molar-refractivity contribution in [3.05, 3.63) is 94.2 Å². The van der Waals surface area contributed by atoms with Crippen molar-refractivity contribution in [3.8, 4) is 0 Å². The van der Waals surface area contributed by atoms with Gasteiger partial charge in [-0.15, -0.1) is 0 Å². The van der Waals surface area contributed by atoms with E-state index >= 15 is 0 Å². The Labute approximate surface area is 215 Å². The minimum absolute atomic E-state index is 0.262.